The number of methoxy groups -OCH3 is 1. The Balaban J connectivity index is 1.77. The lowest BCUT2D eigenvalue weighted by Gasteiger charge is -2.16. The minimum atomic E-state index is -0.342. The maximum Gasteiger partial charge on any atom is 0.161 e. The first-order valence-corrected chi connectivity index (χ1v) is 8.04. The normalized spacial score (nSPS) is 17.3. The van der Waals surface area contributed by atoms with E-state index in [1.54, 1.807) is 36.5 Å². The number of aromatic amines is 1. The van der Waals surface area contributed by atoms with Crippen LogP contribution in [-0.2, 0) is 4.74 Å². The summed E-state index contributed by atoms with van der Waals surface area (Å²) in [4.78, 5) is 7.61. The van der Waals surface area contributed by atoms with Gasteiger partial charge in [-0.15, -0.1) is 0 Å². The van der Waals surface area contributed by atoms with Crippen LogP contribution in [0.4, 0.5) is 4.39 Å². The van der Waals surface area contributed by atoms with Crippen molar-refractivity contribution in [3.05, 3.63) is 72.0 Å². The van der Waals surface area contributed by atoms with E-state index in [9.17, 15) is 9.50 Å². The molecule has 0 saturated carbocycles. The third-order valence-electron chi connectivity index (χ3n) is 4.50. The summed E-state index contributed by atoms with van der Waals surface area (Å²) in [5.74, 6) is 0.0788. The van der Waals surface area contributed by atoms with Gasteiger partial charge in [-0.2, -0.15) is 0 Å². The second-order valence-corrected chi connectivity index (χ2v) is 6.04. The Morgan fingerprint density at radius 1 is 1.28 bits per heavy atom. The number of benzene rings is 1. The van der Waals surface area contributed by atoms with Crippen molar-refractivity contribution in [2.24, 2.45) is 0 Å². The number of ether oxygens (including phenoxy) is 1. The zero-order chi connectivity index (χ0) is 17.4. The number of allylic oxidation sites excluding steroid dienone is 3. The standard InChI is InChI=1S/C20H17FN2O2/c1-25-19-6-5-13(9-18(19)21)17-11-23-20-16(17)8-14(10-22-20)12-3-2-4-15(24)7-12/h2-4,6-11,13,24H,5H2,1H3,(H,22,23). The maximum atomic E-state index is 14.1. The van der Waals surface area contributed by atoms with Gasteiger partial charge in [0.2, 0.25) is 0 Å². The van der Waals surface area contributed by atoms with Crippen LogP contribution in [0, 0.1) is 0 Å². The summed E-state index contributed by atoms with van der Waals surface area (Å²) >= 11 is 0. The number of H-pyrrole nitrogens is 1. The second-order valence-electron chi connectivity index (χ2n) is 6.04. The summed E-state index contributed by atoms with van der Waals surface area (Å²) in [6.45, 7) is 0. The maximum absolute atomic E-state index is 14.1. The number of phenols is 1. The minimum Gasteiger partial charge on any atom is -0.508 e. The summed E-state index contributed by atoms with van der Waals surface area (Å²) < 4.78 is 19.1. The van der Waals surface area contributed by atoms with Gasteiger partial charge in [0.15, 0.2) is 5.83 Å². The van der Waals surface area contributed by atoms with E-state index in [1.807, 2.05) is 18.3 Å². The molecule has 1 aliphatic rings. The molecule has 0 fully saturated rings. The smallest absolute Gasteiger partial charge is 0.161 e. The quantitative estimate of drug-likeness (QED) is 0.722. The number of fused-ring (bicyclic) bond motifs is 1. The van der Waals surface area contributed by atoms with Gasteiger partial charge in [0.25, 0.3) is 0 Å². The van der Waals surface area contributed by atoms with Crippen LogP contribution in [0.2, 0.25) is 0 Å². The van der Waals surface area contributed by atoms with Crippen molar-refractivity contribution in [3.8, 4) is 16.9 Å². The summed E-state index contributed by atoms with van der Waals surface area (Å²) in [5.41, 5.74) is 3.53. The molecule has 1 unspecified atom stereocenters. The molecule has 0 spiro atoms. The van der Waals surface area contributed by atoms with Gasteiger partial charge in [-0.1, -0.05) is 12.1 Å². The molecular weight excluding hydrogens is 319 g/mol. The second kappa shape index (κ2) is 6.09. The Morgan fingerprint density at radius 3 is 2.92 bits per heavy atom. The third kappa shape index (κ3) is 2.78. The zero-order valence-corrected chi connectivity index (χ0v) is 13.7. The van der Waals surface area contributed by atoms with E-state index >= 15 is 0 Å². The van der Waals surface area contributed by atoms with Crippen molar-refractivity contribution < 1.29 is 14.2 Å². The van der Waals surface area contributed by atoms with Crippen molar-refractivity contribution in [2.45, 2.75) is 12.3 Å². The number of aromatic hydroxyl groups is 1. The van der Waals surface area contributed by atoms with Crippen LogP contribution in [-0.4, -0.2) is 22.2 Å². The van der Waals surface area contributed by atoms with Gasteiger partial charge in [0, 0.05) is 29.3 Å². The van der Waals surface area contributed by atoms with E-state index in [0.29, 0.717) is 6.42 Å². The highest BCUT2D eigenvalue weighted by Gasteiger charge is 2.21. The van der Waals surface area contributed by atoms with Gasteiger partial charge >= 0.3 is 0 Å². The van der Waals surface area contributed by atoms with Gasteiger partial charge in [0.05, 0.1) is 7.11 Å². The molecule has 0 bridgehead atoms. The van der Waals surface area contributed by atoms with Crippen LogP contribution in [0.25, 0.3) is 22.2 Å². The number of pyridine rings is 1. The lowest BCUT2D eigenvalue weighted by molar-refractivity contribution is 0.278. The van der Waals surface area contributed by atoms with E-state index in [0.717, 1.165) is 27.7 Å². The molecule has 126 valence electrons. The molecule has 1 aliphatic carbocycles. The van der Waals surface area contributed by atoms with E-state index in [4.69, 9.17) is 4.74 Å². The molecule has 3 aromatic rings. The molecule has 4 nitrogen and oxygen atoms in total. The fourth-order valence-electron chi connectivity index (χ4n) is 3.23. The van der Waals surface area contributed by atoms with Crippen LogP contribution in [0.3, 0.4) is 0 Å². The highest BCUT2D eigenvalue weighted by molar-refractivity contribution is 5.85. The predicted octanol–water partition coefficient (Wildman–Crippen LogP) is 4.81. The molecule has 2 heterocycles. The van der Waals surface area contributed by atoms with Crippen LogP contribution in [0.1, 0.15) is 17.9 Å². The topological polar surface area (TPSA) is 58.1 Å². The van der Waals surface area contributed by atoms with E-state index in [-0.39, 0.29) is 23.3 Å². The van der Waals surface area contributed by atoms with Gasteiger partial charge in [-0.3, -0.25) is 0 Å². The zero-order valence-electron chi connectivity index (χ0n) is 13.7. The number of aromatic nitrogens is 2. The van der Waals surface area contributed by atoms with Crippen molar-refractivity contribution >= 4 is 11.0 Å². The molecule has 1 aromatic carbocycles. The number of phenolic OH excluding ortho intramolecular Hbond substituents is 1. The van der Waals surface area contributed by atoms with Gasteiger partial charge < -0.3 is 14.8 Å². The average molecular weight is 336 g/mol. The summed E-state index contributed by atoms with van der Waals surface area (Å²) in [6, 6.07) is 9.06. The molecule has 0 radical (unpaired) electrons. The number of rotatable bonds is 3. The van der Waals surface area contributed by atoms with Gasteiger partial charge in [-0.25, -0.2) is 9.37 Å². The SMILES string of the molecule is COC1=CCC(c2c[nH]c3ncc(-c4cccc(O)c4)cc23)C=C1F. The highest BCUT2D eigenvalue weighted by Crippen LogP contribution is 2.36. The van der Waals surface area contributed by atoms with E-state index < -0.39 is 0 Å². The molecule has 2 N–H and O–H groups in total. The Morgan fingerprint density at radius 2 is 2.16 bits per heavy atom. The highest BCUT2D eigenvalue weighted by atomic mass is 19.1. The minimum absolute atomic E-state index is 0.0751. The van der Waals surface area contributed by atoms with Crippen LogP contribution in [0.5, 0.6) is 5.75 Å². The molecular formula is C20H17FN2O2. The number of nitrogens with one attached hydrogen (secondary N) is 1. The van der Waals surface area contributed by atoms with Crippen molar-refractivity contribution in [1.29, 1.82) is 0 Å². The monoisotopic (exact) mass is 336 g/mol. The van der Waals surface area contributed by atoms with Crippen molar-refractivity contribution in [3.63, 3.8) is 0 Å². The number of hydrogen-bond donors (Lipinski definition) is 2. The van der Waals surface area contributed by atoms with Crippen molar-refractivity contribution in [1.82, 2.24) is 9.97 Å². The van der Waals surface area contributed by atoms with Crippen molar-refractivity contribution in [2.75, 3.05) is 7.11 Å². The predicted molar refractivity (Wildman–Crippen MR) is 94.8 cm³/mol. The number of hydrogen-bond acceptors (Lipinski definition) is 3. The lowest BCUT2D eigenvalue weighted by atomic mass is 9.91. The lowest BCUT2D eigenvalue weighted by Crippen LogP contribution is -2.02. The molecule has 4 rings (SSSR count). The molecule has 0 saturated heterocycles. The van der Waals surface area contributed by atoms with Crippen LogP contribution >= 0.6 is 0 Å². The Labute approximate surface area is 144 Å². The first-order valence-electron chi connectivity index (χ1n) is 8.04. The molecule has 0 amide bonds. The first kappa shape index (κ1) is 15.4. The van der Waals surface area contributed by atoms with Crippen LogP contribution in [0.15, 0.2) is 66.5 Å². The third-order valence-corrected chi connectivity index (χ3v) is 4.50. The Hall–Kier alpha value is -3.08. The van der Waals surface area contributed by atoms with E-state index in [1.165, 1.54) is 7.11 Å². The summed E-state index contributed by atoms with van der Waals surface area (Å²) in [5, 5.41) is 10.6. The molecule has 2 aromatic heterocycles. The first-order chi connectivity index (χ1) is 12.2. The molecule has 25 heavy (non-hydrogen) atoms. The Bertz CT molecular complexity index is 1000. The largest absolute Gasteiger partial charge is 0.508 e. The Kier molecular flexibility index (Phi) is 3.76. The van der Waals surface area contributed by atoms with E-state index in [2.05, 4.69) is 9.97 Å². The summed E-state index contributed by atoms with van der Waals surface area (Å²) in [6.07, 6.45) is 7.66. The summed E-state index contributed by atoms with van der Waals surface area (Å²) in [7, 11) is 1.47. The fraction of sp³-hybridized carbons (Fsp3) is 0.150. The average Bonchev–Trinajstić information content (AvgIpc) is 3.04. The molecule has 1 atom stereocenters. The van der Waals surface area contributed by atoms with Crippen LogP contribution < -0.4 is 0 Å². The number of halogens is 1. The van der Waals surface area contributed by atoms with Gasteiger partial charge in [0.1, 0.15) is 17.2 Å². The molecule has 0 aliphatic heterocycles. The fourth-order valence-corrected chi connectivity index (χ4v) is 3.23. The molecule has 5 heteroatoms. The van der Waals surface area contributed by atoms with Gasteiger partial charge in [-0.05, 0) is 47.9 Å². The number of nitrogens with zero attached hydrogens (tertiary/aromatic N) is 1.